The lowest BCUT2D eigenvalue weighted by Gasteiger charge is -2.31. The van der Waals surface area contributed by atoms with Gasteiger partial charge in [-0.3, -0.25) is 4.79 Å². The number of carbonyl (C=O) groups is 2. The van der Waals surface area contributed by atoms with Crippen LogP contribution in [-0.4, -0.2) is 67.0 Å². The number of nitrogens with zero attached hydrogens (tertiary/aromatic N) is 2. The van der Waals surface area contributed by atoms with E-state index in [0.717, 1.165) is 38.9 Å². The molecule has 2 aliphatic heterocycles. The van der Waals surface area contributed by atoms with Gasteiger partial charge in [0.15, 0.2) is 0 Å². The van der Waals surface area contributed by atoms with Crippen LogP contribution in [0.4, 0.5) is 4.79 Å². The van der Waals surface area contributed by atoms with E-state index in [1.807, 2.05) is 11.8 Å². The average Bonchev–Trinajstić information content (AvgIpc) is 2.79. The highest BCUT2D eigenvalue weighted by atomic mass is 16.2. The third-order valence-electron chi connectivity index (χ3n) is 3.78. The van der Waals surface area contributed by atoms with Gasteiger partial charge in [-0.1, -0.05) is 6.92 Å². The van der Waals surface area contributed by atoms with Gasteiger partial charge in [0.25, 0.3) is 0 Å². The van der Waals surface area contributed by atoms with Crippen molar-refractivity contribution < 1.29 is 9.59 Å². The van der Waals surface area contributed by atoms with Crippen LogP contribution in [0.25, 0.3) is 0 Å². The maximum atomic E-state index is 12.3. The molecule has 0 aromatic carbocycles. The number of hydrogen-bond acceptors (Lipinski definition) is 3. The second-order valence-electron chi connectivity index (χ2n) is 5.23. The molecule has 0 bridgehead atoms. The quantitative estimate of drug-likeness (QED) is 0.738. The minimum atomic E-state index is -0.0534. The van der Waals surface area contributed by atoms with E-state index in [1.54, 1.807) is 4.90 Å². The maximum absolute atomic E-state index is 12.3. The van der Waals surface area contributed by atoms with Gasteiger partial charge in [0, 0.05) is 25.7 Å². The first kappa shape index (κ1) is 14.1. The first-order valence-electron chi connectivity index (χ1n) is 7.25. The van der Waals surface area contributed by atoms with Gasteiger partial charge in [-0.05, 0) is 32.4 Å². The summed E-state index contributed by atoms with van der Waals surface area (Å²) in [5.74, 6) is -0.0534. The third-order valence-corrected chi connectivity index (χ3v) is 3.78. The van der Waals surface area contributed by atoms with Crippen LogP contribution >= 0.6 is 0 Å². The Morgan fingerprint density at radius 3 is 2.79 bits per heavy atom. The lowest BCUT2D eigenvalue weighted by molar-refractivity contribution is -0.121. The van der Waals surface area contributed by atoms with Crippen LogP contribution in [0, 0.1) is 0 Å². The van der Waals surface area contributed by atoms with Crippen molar-refractivity contribution in [2.75, 3.05) is 39.3 Å². The Morgan fingerprint density at radius 1 is 1.37 bits per heavy atom. The molecule has 0 saturated carbocycles. The topological polar surface area (TPSA) is 64.7 Å². The SMILES string of the molecule is CCCNC(=O)CN1CCN(C2CCNCC2)C1=O. The Labute approximate surface area is 114 Å². The minimum Gasteiger partial charge on any atom is -0.355 e. The zero-order chi connectivity index (χ0) is 13.7. The number of piperidine rings is 1. The predicted molar refractivity (Wildman–Crippen MR) is 72.9 cm³/mol. The van der Waals surface area contributed by atoms with Crippen molar-refractivity contribution in [3.05, 3.63) is 0 Å². The molecule has 0 aliphatic carbocycles. The molecule has 0 aromatic heterocycles. The summed E-state index contributed by atoms with van der Waals surface area (Å²) in [7, 11) is 0. The largest absolute Gasteiger partial charge is 0.355 e. The fourth-order valence-electron chi connectivity index (χ4n) is 2.70. The molecule has 2 heterocycles. The van der Waals surface area contributed by atoms with E-state index in [2.05, 4.69) is 10.6 Å². The summed E-state index contributed by atoms with van der Waals surface area (Å²) in [6, 6.07) is 0.371. The second-order valence-corrected chi connectivity index (χ2v) is 5.23. The Hall–Kier alpha value is -1.30. The second kappa shape index (κ2) is 6.75. The minimum absolute atomic E-state index is 0.0264. The maximum Gasteiger partial charge on any atom is 0.320 e. The van der Waals surface area contributed by atoms with Crippen molar-refractivity contribution >= 4 is 11.9 Å². The summed E-state index contributed by atoms with van der Waals surface area (Å²) >= 11 is 0. The van der Waals surface area contributed by atoms with E-state index in [1.165, 1.54) is 0 Å². The molecule has 0 radical (unpaired) electrons. The molecule has 6 nitrogen and oxygen atoms in total. The summed E-state index contributed by atoms with van der Waals surface area (Å²) in [5, 5.41) is 6.12. The number of rotatable bonds is 5. The van der Waals surface area contributed by atoms with Crippen LogP contribution in [0.3, 0.4) is 0 Å². The highest BCUT2D eigenvalue weighted by Crippen LogP contribution is 2.18. The van der Waals surface area contributed by atoms with Crippen molar-refractivity contribution in [1.82, 2.24) is 20.4 Å². The number of hydrogen-bond donors (Lipinski definition) is 2. The first-order valence-corrected chi connectivity index (χ1v) is 7.25. The summed E-state index contributed by atoms with van der Waals surface area (Å²) in [4.78, 5) is 27.5. The van der Waals surface area contributed by atoms with Crippen molar-refractivity contribution in [1.29, 1.82) is 0 Å². The van der Waals surface area contributed by atoms with Gasteiger partial charge in [-0.25, -0.2) is 4.79 Å². The van der Waals surface area contributed by atoms with Crippen LogP contribution in [0.15, 0.2) is 0 Å². The Morgan fingerprint density at radius 2 is 2.11 bits per heavy atom. The number of amides is 3. The fraction of sp³-hybridized carbons (Fsp3) is 0.846. The Balaban J connectivity index is 1.81. The van der Waals surface area contributed by atoms with Crippen molar-refractivity contribution in [2.24, 2.45) is 0 Å². The van der Waals surface area contributed by atoms with E-state index >= 15 is 0 Å². The van der Waals surface area contributed by atoms with Gasteiger partial charge in [-0.15, -0.1) is 0 Å². The van der Waals surface area contributed by atoms with Gasteiger partial charge in [-0.2, -0.15) is 0 Å². The van der Waals surface area contributed by atoms with Gasteiger partial charge in [0.2, 0.25) is 5.91 Å². The molecule has 6 heteroatoms. The molecular weight excluding hydrogens is 244 g/mol. The van der Waals surface area contributed by atoms with Gasteiger partial charge >= 0.3 is 6.03 Å². The third kappa shape index (κ3) is 3.59. The normalized spacial score (nSPS) is 21.0. The van der Waals surface area contributed by atoms with Crippen molar-refractivity contribution in [3.8, 4) is 0 Å². The highest BCUT2D eigenvalue weighted by Gasteiger charge is 2.34. The summed E-state index contributed by atoms with van der Waals surface area (Å²) in [6.07, 6.45) is 2.95. The van der Waals surface area contributed by atoms with Gasteiger partial charge in [0.05, 0.1) is 0 Å². The lowest BCUT2D eigenvalue weighted by Crippen LogP contribution is -2.46. The van der Waals surface area contributed by atoms with Gasteiger partial charge in [0.1, 0.15) is 6.54 Å². The van der Waals surface area contributed by atoms with Gasteiger partial charge < -0.3 is 20.4 Å². The van der Waals surface area contributed by atoms with Crippen LogP contribution in [0.1, 0.15) is 26.2 Å². The number of nitrogens with one attached hydrogen (secondary N) is 2. The Kier molecular flexibility index (Phi) is 5.01. The predicted octanol–water partition coefficient (Wildman–Crippen LogP) is 0.00220. The monoisotopic (exact) mass is 268 g/mol. The molecule has 0 aromatic rings. The molecule has 0 unspecified atom stereocenters. The molecule has 2 rings (SSSR count). The van der Waals surface area contributed by atoms with E-state index in [9.17, 15) is 9.59 Å². The number of urea groups is 1. The molecule has 2 fully saturated rings. The zero-order valence-corrected chi connectivity index (χ0v) is 11.7. The molecule has 2 aliphatic rings. The van der Waals surface area contributed by atoms with Crippen LogP contribution < -0.4 is 10.6 Å². The first-order chi connectivity index (χ1) is 9.22. The average molecular weight is 268 g/mol. The summed E-state index contributed by atoms with van der Waals surface area (Å²) in [6.45, 7) is 6.27. The van der Waals surface area contributed by atoms with Crippen LogP contribution in [0.2, 0.25) is 0 Å². The van der Waals surface area contributed by atoms with E-state index < -0.39 is 0 Å². The van der Waals surface area contributed by atoms with Crippen molar-refractivity contribution in [3.63, 3.8) is 0 Å². The molecular formula is C13H24N4O2. The standard InChI is InChI=1S/C13H24N4O2/c1-2-5-15-12(18)10-16-8-9-17(13(16)19)11-3-6-14-7-4-11/h11,14H,2-10H2,1H3,(H,15,18). The summed E-state index contributed by atoms with van der Waals surface area (Å²) in [5.41, 5.74) is 0. The Bertz CT molecular complexity index is 329. The molecule has 108 valence electrons. The van der Waals surface area contributed by atoms with E-state index in [0.29, 0.717) is 19.1 Å². The van der Waals surface area contributed by atoms with E-state index in [-0.39, 0.29) is 18.5 Å². The van der Waals surface area contributed by atoms with Crippen LogP contribution in [-0.2, 0) is 4.79 Å². The van der Waals surface area contributed by atoms with Crippen LogP contribution in [0.5, 0.6) is 0 Å². The molecule has 2 saturated heterocycles. The summed E-state index contributed by atoms with van der Waals surface area (Å²) < 4.78 is 0. The number of carbonyl (C=O) groups excluding carboxylic acids is 2. The molecule has 2 N–H and O–H groups in total. The smallest absolute Gasteiger partial charge is 0.320 e. The fourth-order valence-corrected chi connectivity index (χ4v) is 2.70. The molecule has 0 atom stereocenters. The lowest BCUT2D eigenvalue weighted by atomic mass is 10.1. The highest BCUT2D eigenvalue weighted by molar-refractivity contribution is 5.85. The molecule has 0 spiro atoms. The molecule has 19 heavy (non-hydrogen) atoms. The van der Waals surface area contributed by atoms with Crippen molar-refractivity contribution in [2.45, 2.75) is 32.2 Å². The molecule has 3 amide bonds. The zero-order valence-electron chi connectivity index (χ0n) is 11.7. The van der Waals surface area contributed by atoms with E-state index in [4.69, 9.17) is 0 Å².